The van der Waals surface area contributed by atoms with Crippen LogP contribution < -0.4 is 16.4 Å². The number of rotatable bonds is 8. The van der Waals surface area contributed by atoms with E-state index in [1.165, 1.54) is 4.88 Å². The van der Waals surface area contributed by atoms with Crippen molar-refractivity contribution >= 4 is 23.1 Å². The van der Waals surface area contributed by atoms with Gasteiger partial charge in [-0.3, -0.25) is 4.99 Å². The Labute approximate surface area is 186 Å². The SMILES string of the molecule is CN=C(NCCCc1nn(-c2ccccc2)c(N)c1C#N)NCCc1nc(C)c(C)s1. The number of anilines is 1. The van der Waals surface area contributed by atoms with Crippen molar-refractivity contribution < 1.29 is 0 Å². The van der Waals surface area contributed by atoms with Crippen molar-refractivity contribution in [1.82, 2.24) is 25.4 Å². The van der Waals surface area contributed by atoms with Crippen molar-refractivity contribution in [3.63, 3.8) is 0 Å². The second-order valence-corrected chi connectivity index (χ2v) is 8.38. The number of hydrogen-bond acceptors (Lipinski definition) is 6. The van der Waals surface area contributed by atoms with E-state index in [2.05, 4.69) is 38.7 Å². The summed E-state index contributed by atoms with van der Waals surface area (Å²) in [5, 5.41) is 21.8. The van der Waals surface area contributed by atoms with Crippen LogP contribution in [0.25, 0.3) is 5.69 Å². The Morgan fingerprint density at radius 2 is 1.94 bits per heavy atom. The summed E-state index contributed by atoms with van der Waals surface area (Å²) in [7, 11) is 1.75. The van der Waals surface area contributed by atoms with Gasteiger partial charge in [0.05, 0.1) is 22.1 Å². The molecule has 1 aromatic carbocycles. The van der Waals surface area contributed by atoms with Crippen LogP contribution in [0, 0.1) is 25.2 Å². The predicted molar refractivity (Wildman–Crippen MR) is 126 cm³/mol. The number of thiazole rings is 1. The van der Waals surface area contributed by atoms with E-state index in [1.807, 2.05) is 37.3 Å². The van der Waals surface area contributed by atoms with E-state index >= 15 is 0 Å². The maximum atomic E-state index is 9.52. The zero-order valence-electron chi connectivity index (χ0n) is 18.1. The van der Waals surface area contributed by atoms with E-state index in [1.54, 1.807) is 23.1 Å². The van der Waals surface area contributed by atoms with Gasteiger partial charge in [0.2, 0.25) is 0 Å². The fraction of sp³-hybridized carbons (Fsp3) is 0.364. The second kappa shape index (κ2) is 10.6. The van der Waals surface area contributed by atoms with Gasteiger partial charge in [0.25, 0.3) is 0 Å². The first kappa shape index (κ1) is 22.3. The average molecular weight is 437 g/mol. The number of aliphatic imine (C=N–C) groups is 1. The maximum Gasteiger partial charge on any atom is 0.190 e. The van der Waals surface area contributed by atoms with E-state index in [0.29, 0.717) is 30.0 Å². The first-order valence-electron chi connectivity index (χ1n) is 10.2. The van der Waals surface area contributed by atoms with Gasteiger partial charge in [-0.15, -0.1) is 11.3 Å². The number of nitrogens with one attached hydrogen (secondary N) is 2. The number of nitrogens with two attached hydrogens (primary N) is 1. The third-order valence-corrected chi connectivity index (χ3v) is 6.05. The Morgan fingerprint density at radius 1 is 1.19 bits per heavy atom. The van der Waals surface area contributed by atoms with Crippen LogP contribution in [0.15, 0.2) is 35.3 Å². The minimum absolute atomic E-state index is 0.377. The lowest BCUT2D eigenvalue weighted by Gasteiger charge is -2.11. The normalized spacial score (nSPS) is 11.4. The summed E-state index contributed by atoms with van der Waals surface area (Å²) < 4.78 is 1.63. The van der Waals surface area contributed by atoms with Gasteiger partial charge in [-0.25, -0.2) is 9.67 Å². The van der Waals surface area contributed by atoms with Crippen LogP contribution in [0.1, 0.15) is 33.3 Å². The molecule has 0 spiro atoms. The van der Waals surface area contributed by atoms with Crippen molar-refractivity contribution in [3.8, 4) is 11.8 Å². The van der Waals surface area contributed by atoms with Crippen LogP contribution in [-0.2, 0) is 12.8 Å². The smallest absolute Gasteiger partial charge is 0.190 e. The Morgan fingerprint density at radius 3 is 2.58 bits per heavy atom. The summed E-state index contributed by atoms with van der Waals surface area (Å²) in [5.74, 6) is 1.13. The second-order valence-electron chi connectivity index (χ2n) is 7.09. The molecule has 3 aromatic rings. The molecule has 0 saturated heterocycles. The minimum Gasteiger partial charge on any atom is -0.382 e. The number of aryl methyl sites for hydroxylation is 3. The first-order valence-corrected chi connectivity index (χ1v) is 11.1. The molecular formula is C22H28N8S. The lowest BCUT2D eigenvalue weighted by molar-refractivity contribution is 0.720. The number of para-hydroxylation sites is 1. The van der Waals surface area contributed by atoms with Crippen molar-refractivity contribution in [2.45, 2.75) is 33.1 Å². The van der Waals surface area contributed by atoms with E-state index in [9.17, 15) is 5.26 Å². The number of guanidine groups is 1. The molecule has 0 saturated carbocycles. The Hall–Kier alpha value is -3.38. The first-order chi connectivity index (χ1) is 15.0. The summed E-state index contributed by atoms with van der Waals surface area (Å²) in [4.78, 5) is 10.1. The monoisotopic (exact) mass is 436 g/mol. The van der Waals surface area contributed by atoms with Gasteiger partial charge in [0.1, 0.15) is 17.5 Å². The minimum atomic E-state index is 0.377. The Kier molecular flexibility index (Phi) is 7.62. The van der Waals surface area contributed by atoms with Crippen LogP contribution in [0.5, 0.6) is 0 Å². The third-order valence-electron chi connectivity index (χ3n) is 4.92. The van der Waals surface area contributed by atoms with Crippen LogP contribution in [0.3, 0.4) is 0 Å². The number of benzene rings is 1. The highest BCUT2D eigenvalue weighted by molar-refractivity contribution is 7.11. The molecular weight excluding hydrogens is 408 g/mol. The van der Waals surface area contributed by atoms with E-state index in [0.717, 1.165) is 41.7 Å². The highest BCUT2D eigenvalue weighted by atomic mass is 32.1. The van der Waals surface area contributed by atoms with E-state index < -0.39 is 0 Å². The molecule has 0 aliphatic heterocycles. The predicted octanol–water partition coefficient (Wildman–Crippen LogP) is 2.74. The molecule has 4 N–H and O–H groups in total. The highest BCUT2D eigenvalue weighted by Gasteiger charge is 2.16. The summed E-state index contributed by atoms with van der Waals surface area (Å²) >= 11 is 1.74. The van der Waals surface area contributed by atoms with Crippen molar-refractivity contribution in [1.29, 1.82) is 5.26 Å². The van der Waals surface area contributed by atoms with Gasteiger partial charge in [0.15, 0.2) is 5.96 Å². The average Bonchev–Trinajstić information content (AvgIpc) is 3.27. The summed E-state index contributed by atoms with van der Waals surface area (Å²) in [5.41, 5.74) is 9.27. The number of nitriles is 1. The van der Waals surface area contributed by atoms with E-state index in [4.69, 9.17) is 5.73 Å². The zero-order valence-corrected chi connectivity index (χ0v) is 19.0. The summed E-state index contributed by atoms with van der Waals surface area (Å²) in [6, 6.07) is 11.8. The van der Waals surface area contributed by atoms with E-state index in [-0.39, 0.29) is 0 Å². The standard InChI is InChI=1S/C22H28N8S/c1-15-16(2)31-20(28-15)11-13-27-22(25-3)26-12-7-10-19-18(14-23)21(24)30(29-19)17-8-5-4-6-9-17/h4-6,8-9H,7,10-13,24H2,1-3H3,(H2,25,26,27). The maximum absolute atomic E-state index is 9.52. The van der Waals surface area contributed by atoms with Crippen LogP contribution in [-0.4, -0.2) is 40.9 Å². The summed E-state index contributed by atoms with van der Waals surface area (Å²) in [6.07, 6.45) is 2.31. The van der Waals surface area contributed by atoms with Crippen molar-refractivity contribution in [3.05, 3.63) is 57.2 Å². The molecule has 3 rings (SSSR count). The Bertz CT molecular complexity index is 1060. The number of nitrogen functional groups attached to an aromatic ring is 1. The quantitative estimate of drug-likeness (QED) is 0.284. The molecule has 162 valence electrons. The molecule has 8 nitrogen and oxygen atoms in total. The van der Waals surface area contributed by atoms with Gasteiger partial charge in [-0.1, -0.05) is 18.2 Å². The fourth-order valence-corrected chi connectivity index (χ4v) is 4.09. The third kappa shape index (κ3) is 5.61. The summed E-state index contributed by atoms with van der Waals surface area (Å²) in [6.45, 7) is 5.61. The molecule has 0 bridgehead atoms. The largest absolute Gasteiger partial charge is 0.382 e. The van der Waals surface area contributed by atoms with Gasteiger partial charge in [-0.2, -0.15) is 10.4 Å². The van der Waals surface area contributed by atoms with Crippen LogP contribution in [0.2, 0.25) is 0 Å². The molecule has 0 unspecified atom stereocenters. The molecule has 9 heteroatoms. The molecule has 0 aliphatic rings. The Balaban J connectivity index is 1.49. The number of nitrogens with zero attached hydrogens (tertiary/aromatic N) is 5. The molecule has 0 radical (unpaired) electrons. The molecule has 0 fully saturated rings. The molecule has 31 heavy (non-hydrogen) atoms. The topological polar surface area (TPSA) is 117 Å². The molecule has 0 atom stereocenters. The lowest BCUT2D eigenvalue weighted by atomic mass is 10.1. The van der Waals surface area contributed by atoms with Gasteiger partial charge >= 0.3 is 0 Å². The number of hydrogen-bond donors (Lipinski definition) is 3. The van der Waals surface area contributed by atoms with Gasteiger partial charge < -0.3 is 16.4 Å². The molecule has 0 aliphatic carbocycles. The number of aromatic nitrogens is 3. The molecule has 2 aromatic heterocycles. The van der Waals surface area contributed by atoms with Gasteiger partial charge in [0, 0.05) is 31.4 Å². The molecule has 0 amide bonds. The lowest BCUT2D eigenvalue weighted by Crippen LogP contribution is -2.38. The zero-order chi connectivity index (χ0) is 22.2. The van der Waals surface area contributed by atoms with Crippen molar-refractivity contribution in [2.24, 2.45) is 4.99 Å². The van der Waals surface area contributed by atoms with Crippen LogP contribution in [0.4, 0.5) is 5.82 Å². The van der Waals surface area contributed by atoms with Gasteiger partial charge in [-0.05, 0) is 38.8 Å². The van der Waals surface area contributed by atoms with Crippen molar-refractivity contribution in [2.75, 3.05) is 25.9 Å². The molecule has 2 heterocycles. The fourth-order valence-electron chi connectivity index (χ4n) is 3.16. The highest BCUT2D eigenvalue weighted by Crippen LogP contribution is 2.21. The van der Waals surface area contributed by atoms with Crippen LogP contribution >= 0.6 is 11.3 Å².